The third-order valence-electron chi connectivity index (χ3n) is 5.00. The van der Waals surface area contributed by atoms with Crippen molar-refractivity contribution in [3.05, 3.63) is 51.2 Å². The molecule has 0 spiro atoms. The van der Waals surface area contributed by atoms with Gasteiger partial charge in [-0.1, -0.05) is 11.6 Å². The normalized spacial score (nSPS) is 14.6. The molecular weight excluding hydrogens is 380 g/mol. The Labute approximate surface area is 166 Å². The number of morpholine rings is 1. The number of H-pyrrole nitrogens is 1. The average Bonchev–Trinajstić information content (AvgIpc) is 3.10. The van der Waals surface area contributed by atoms with Gasteiger partial charge < -0.3 is 19.2 Å². The van der Waals surface area contributed by atoms with E-state index in [9.17, 15) is 9.59 Å². The molecule has 4 rings (SSSR count). The third kappa shape index (κ3) is 3.21. The van der Waals surface area contributed by atoms with E-state index < -0.39 is 0 Å². The van der Waals surface area contributed by atoms with E-state index in [1.165, 1.54) is 6.20 Å². The summed E-state index contributed by atoms with van der Waals surface area (Å²) >= 11 is 6.46. The Morgan fingerprint density at radius 2 is 2.07 bits per heavy atom. The van der Waals surface area contributed by atoms with Gasteiger partial charge in [0.25, 0.3) is 11.5 Å². The number of pyridine rings is 2. The van der Waals surface area contributed by atoms with Crippen molar-refractivity contribution in [2.45, 2.75) is 20.4 Å². The molecule has 146 valence electrons. The summed E-state index contributed by atoms with van der Waals surface area (Å²) in [7, 11) is 0. The fourth-order valence-electron chi connectivity index (χ4n) is 3.51. The van der Waals surface area contributed by atoms with E-state index in [0.717, 1.165) is 16.6 Å². The molecule has 1 amide bonds. The number of aryl methyl sites for hydroxylation is 2. The summed E-state index contributed by atoms with van der Waals surface area (Å²) in [6.07, 6.45) is 3.31. The van der Waals surface area contributed by atoms with E-state index in [2.05, 4.69) is 9.97 Å². The zero-order valence-electron chi connectivity index (χ0n) is 15.8. The fourth-order valence-corrected chi connectivity index (χ4v) is 3.74. The second-order valence-corrected chi connectivity index (χ2v) is 7.24. The van der Waals surface area contributed by atoms with Gasteiger partial charge >= 0.3 is 0 Å². The van der Waals surface area contributed by atoms with E-state index in [1.54, 1.807) is 21.7 Å². The standard InChI is InChI=1S/C20H21ClN4O3/c1-3-24-11-15(13-8-12(2)23-18(13)20(24)27)17-9-16(21)14(10-22-17)19(26)25-4-6-28-7-5-25/h8-11,23H,3-7H2,1-2H3. The predicted octanol–water partition coefficient (Wildman–Crippen LogP) is 2.85. The van der Waals surface area contributed by atoms with Crippen LogP contribution in [0.3, 0.4) is 0 Å². The molecule has 1 saturated heterocycles. The largest absolute Gasteiger partial charge is 0.378 e. The van der Waals surface area contributed by atoms with Crippen molar-refractivity contribution < 1.29 is 9.53 Å². The summed E-state index contributed by atoms with van der Waals surface area (Å²) in [6.45, 7) is 6.50. The topological polar surface area (TPSA) is 80.2 Å². The Morgan fingerprint density at radius 1 is 1.32 bits per heavy atom. The lowest BCUT2D eigenvalue weighted by atomic mass is 10.1. The fraction of sp³-hybridized carbons (Fsp3) is 0.350. The van der Waals surface area contributed by atoms with Crippen molar-refractivity contribution in [2.75, 3.05) is 26.3 Å². The molecule has 1 aliphatic heterocycles. The molecular formula is C20H21ClN4O3. The molecule has 7 nitrogen and oxygen atoms in total. The van der Waals surface area contributed by atoms with Gasteiger partial charge in [0.1, 0.15) is 5.52 Å². The number of rotatable bonds is 3. The number of aromatic nitrogens is 3. The van der Waals surface area contributed by atoms with Crippen LogP contribution < -0.4 is 5.56 Å². The Morgan fingerprint density at radius 3 is 2.75 bits per heavy atom. The number of amides is 1. The molecule has 1 fully saturated rings. The Bertz CT molecular complexity index is 1110. The van der Waals surface area contributed by atoms with Crippen molar-refractivity contribution in [1.29, 1.82) is 0 Å². The number of aromatic amines is 1. The summed E-state index contributed by atoms with van der Waals surface area (Å²) in [5.74, 6) is -0.145. The van der Waals surface area contributed by atoms with Crippen molar-refractivity contribution >= 4 is 28.4 Å². The first kappa shape index (κ1) is 18.7. The van der Waals surface area contributed by atoms with Crippen molar-refractivity contribution in [3.8, 4) is 11.3 Å². The number of carbonyl (C=O) groups is 1. The first-order chi connectivity index (χ1) is 13.5. The highest BCUT2D eigenvalue weighted by Crippen LogP contribution is 2.29. The van der Waals surface area contributed by atoms with Crippen LogP contribution in [0.5, 0.6) is 0 Å². The van der Waals surface area contributed by atoms with Crippen molar-refractivity contribution in [1.82, 2.24) is 19.4 Å². The van der Waals surface area contributed by atoms with Crippen LogP contribution in [0.15, 0.2) is 29.3 Å². The van der Waals surface area contributed by atoms with Crippen LogP contribution in [-0.4, -0.2) is 51.6 Å². The Hall–Kier alpha value is -2.64. The summed E-state index contributed by atoms with van der Waals surface area (Å²) in [6, 6.07) is 3.62. The zero-order valence-corrected chi connectivity index (χ0v) is 16.5. The number of fused-ring (bicyclic) bond motifs is 1. The van der Waals surface area contributed by atoms with Crippen LogP contribution in [0, 0.1) is 6.92 Å². The Balaban J connectivity index is 1.78. The Kier molecular flexibility index (Phi) is 4.95. The molecule has 8 heteroatoms. The van der Waals surface area contributed by atoms with E-state index in [1.807, 2.05) is 19.9 Å². The number of nitrogens with zero attached hydrogens (tertiary/aromatic N) is 3. The van der Waals surface area contributed by atoms with Crippen LogP contribution >= 0.6 is 11.6 Å². The second-order valence-electron chi connectivity index (χ2n) is 6.83. The molecule has 1 N–H and O–H groups in total. The minimum absolute atomic E-state index is 0.0698. The molecule has 0 aliphatic carbocycles. The first-order valence-corrected chi connectivity index (χ1v) is 9.63. The van der Waals surface area contributed by atoms with Gasteiger partial charge in [0.2, 0.25) is 0 Å². The number of carbonyl (C=O) groups excluding carboxylic acids is 1. The second kappa shape index (κ2) is 7.41. The van der Waals surface area contributed by atoms with Crippen LogP contribution in [0.2, 0.25) is 5.02 Å². The van der Waals surface area contributed by atoms with E-state index in [4.69, 9.17) is 16.3 Å². The van der Waals surface area contributed by atoms with Gasteiger partial charge in [-0.05, 0) is 26.0 Å². The molecule has 0 unspecified atom stereocenters. The number of ether oxygens (including phenoxy) is 1. The van der Waals surface area contributed by atoms with Crippen LogP contribution in [0.1, 0.15) is 23.0 Å². The maximum absolute atomic E-state index is 12.7. The molecule has 3 aromatic rings. The predicted molar refractivity (Wildman–Crippen MR) is 108 cm³/mol. The highest BCUT2D eigenvalue weighted by Gasteiger charge is 2.22. The van der Waals surface area contributed by atoms with Gasteiger partial charge in [-0.3, -0.25) is 14.6 Å². The summed E-state index contributed by atoms with van der Waals surface area (Å²) in [5, 5.41) is 1.14. The molecule has 1 aliphatic rings. The molecule has 0 saturated carbocycles. The molecule has 3 aromatic heterocycles. The summed E-state index contributed by atoms with van der Waals surface area (Å²) in [4.78, 5) is 34.6. The molecule has 0 bridgehead atoms. The van der Waals surface area contributed by atoms with Gasteiger partial charge in [0, 0.05) is 48.7 Å². The number of hydrogen-bond acceptors (Lipinski definition) is 4. The number of halogens is 1. The van der Waals surface area contributed by atoms with Gasteiger partial charge in [0.15, 0.2) is 0 Å². The number of nitrogens with one attached hydrogen (secondary N) is 1. The molecule has 0 aromatic carbocycles. The van der Waals surface area contributed by atoms with Crippen molar-refractivity contribution in [3.63, 3.8) is 0 Å². The van der Waals surface area contributed by atoms with Gasteiger partial charge in [-0.15, -0.1) is 0 Å². The lowest BCUT2D eigenvalue weighted by molar-refractivity contribution is 0.0302. The van der Waals surface area contributed by atoms with Crippen molar-refractivity contribution in [2.24, 2.45) is 0 Å². The smallest absolute Gasteiger partial charge is 0.274 e. The number of hydrogen-bond donors (Lipinski definition) is 1. The minimum Gasteiger partial charge on any atom is -0.378 e. The van der Waals surface area contributed by atoms with Gasteiger partial charge in [0.05, 0.1) is 29.5 Å². The van der Waals surface area contributed by atoms with Crippen LogP contribution in [0.4, 0.5) is 0 Å². The lowest BCUT2D eigenvalue weighted by Crippen LogP contribution is -2.40. The zero-order chi connectivity index (χ0) is 19.8. The molecule has 0 atom stereocenters. The highest BCUT2D eigenvalue weighted by molar-refractivity contribution is 6.34. The maximum atomic E-state index is 12.7. The quantitative estimate of drug-likeness (QED) is 0.733. The first-order valence-electron chi connectivity index (χ1n) is 9.25. The van der Waals surface area contributed by atoms with E-state index in [-0.39, 0.29) is 11.5 Å². The summed E-state index contributed by atoms with van der Waals surface area (Å²) < 4.78 is 6.93. The van der Waals surface area contributed by atoms with Gasteiger partial charge in [-0.25, -0.2) is 0 Å². The average molecular weight is 401 g/mol. The minimum atomic E-state index is -0.145. The van der Waals surface area contributed by atoms with Gasteiger partial charge in [-0.2, -0.15) is 0 Å². The SMILES string of the molecule is CCn1cc(-c2cc(Cl)c(C(=O)N3CCOCC3)cn2)c2cc(C)[nH]c2c1=O. The molecule has 4 heterocycles. The molecule has 0 radical (unpaired) electrons. The molecule has 28 heavy (non-hydrogen) atoms. The highest BCUT2D eigenvalue weighted by atomic mass is 35.5. The monoisotopic (exact) mass is 400 g/mol. The van der Waals surface area contributed by atoms with Crippen LogP contribution in [-0.2, 0) is 11.3 Å². The maximum Gasteiger partial charge on any atom is 0.274 e. The summed E-state index contributed by atoms with van der Waals surface area (Å²) in [5.41, 5.74) is 3.16. The third-order valence-corrected chi connectivity index (χ3v) is 5.31. The lowest BCUT2D eigenvalue weighted by Gasteiger charge is -2.27. The van der Waals surface area contributed by atoms with E-state index in [0.29, 0.717) is 54.6 Å². The van der Waals surface area contributed by atoms with Crippen LogP contribution in [0.25, 0.3) is 22.2 Å². The van der Waals surface area contributed by atoms with E-state index >= 15 is 0 Å².